The van der Waals surface area contributed by atoms with Gasteiger partial charge in [0.05, 0.1) is 7.11 Å². The fraction of sp³-hybridized carbons (Fsp3) is 0.176. The molecule has 0 saturated carbocycles. The van der Waals surface area contributed by atoms with Gasteiger partial charge >= 0.3 is 0 Å². The van der Waals surface area contributed by atoms with Crippen LogP contribution in [0.15, 0.2) is 53.0 Å². The summed E-state index contributed by atoms with van der Waals surface area (Å²) in [6.45, 7) is 0.414. The predicted molar refractivity (Wildman–Crippen MR) is 103 cm³/mol. The minimum atomic E-state index is -0.337. The van der Waals surface area contributed by atoms with Crippen molar-refractivity contribution in [1.82, 2.24) is 16.2 Å². The number of hydrogen-bond acceptors (Lipinski definition) is 4. The third-order valence-corrected chi connectivity index (χ3v) is 3.89. The maximum Gasteiger partial charge on any atom is 0.276 e. The molecule has 0 radical (unpaired) electrons. The summed E-state index contributed by atoms with van der Waals surface area (Å²) in [5.41, 5.74) is 6.14. The van der Waals surface area contributed by atoms with E-state index in [0.29, 0.717) is 17.4 Å². The van der Waals surface area contributed by atoms with Gasteiger partial charge in [0.1, 0.15) is 11.5 Å². The fourth-order valence-electron chi connectivity index (χ4n) is 1.81. The molecular weight excluding hydrogens is 406 g/mol. The highest BCUT2D eigenvalue weighted by atomic mass is 79.9. The first-order valence-electron chi connectivity index (χ1n) is 7.41. The van der Waals surface area contributed by atoms with E-state index >= 15 is 0 Å². The van der Waals surface area contributed by atoms with Crippen LogP contribution in [0.4, 0.5) is 0 Å². The highest BCUT2D eigenvalue weighted by Gasteiger charge is 2.04. The van der Waals surface area contributed by atoms with E-state index in [1.165, 1.54) is 0 Å². The van der Waals surface area contributed by atoms with E-state index in [1.54, 1.807) is 19.2 Å². The van der Waals surface area contributed by atoms with E-state index in [9.17, 15) is 4.79 Å². The second-order valence-corrected chi connectivity index (χ2v) is 6.27. The number of ether oxygens (including phenoxy) is 2. The molecule has 25 heavy (non-hydrogen) atoms. The van der Waals surface area contributed by atoms with Gasteiger partial charge < -0.3 is 14.8 Å². The van der Waals surface area contributed by atoms with Crippen molar-refractivity contribution >= 4 is 39.2 Å². The number of methoxy groups -OCH3 is 1. The van der Waals surface area contributed by atoms with Crippen molar-refractivity contribution in [2.24, 2.45) is 0 Å². The Morgan fingerprint density at radius 2 is 1.68 bits per heavy atom. The van der Waals surface area contributed by atoms with Crippen LogP contribution in [-0.4, -0.2) is 24.7 Å². The van der Waals surface area contributed by atoms with Crippen LogP contribution in [0.3, 0.4) is 0 Å². The number of benzene rings is 2. The normalized spacial score (nSPS) is 9.84. The van der Waals surface area contributed by atoms with Crippen molar-refractivity contribution in [3.63, 3.8) is 0 Å². The van der Waals surface area contributed by atoms with Crippen molar-refractivity contribution < 1.29 is 14.3 Å². The Morgan fingerprint density at radius 1 is 1.04 bits per heavy atom. The topological polar surface area (TPSA) is 71.6 Å². The molecule has 1 amide bonds. The number of carbonyl (C=O) groups excluding carboxylic acids is 1. The monoisotopic (exact) mass is 423 g/mol. The van der Waals surface area contributed by atoms with E-state index in [-0.39, 0.29) is 12.5 Å². The Bertz CT molecular complexity index is 708. The fourth-order valence-corrected chi connectivity index (χ4v) is 2.20. The number of thiocarbonyl (C=S) groups is 1. The summed E-state index contributed by atoms with van der Waals surface area (Å²) in [4.78, 5) is 11.7. The molecular formula is C17H18BrN3O3S. The number of hydrogen-bond donors (Lipinski definition) is 3. The molecule has 132 valence electrons. The van der Waals surface area contributed by atoms with E-state index in [2.05, 4.69) is 32.1 Å². The molecule has 2 aromatic rings. The van der Waals surface area contributed by atoms with Gasteiger partial charge in [-0.25, -0.2) is 0 Å². The van der Waals surface area contributed by atoms with Crippen LogP contribution in [-0.2, 0) is 11.3 Å². The Labute approximate surface area is 160 Å². The van der Waals surface area contributed by atoms with Gasteiger partial charge in [-0.3, -0.25) is 15.6 Å². The zero-order chi connectivity index (χ0) is 18.1. The van der Waals surface area contributed by atoms with E-state index < -0.39 is 0 Å². The minimum Gasteiger partial charge on any atom is -0.497 e. The quantitative estimate of drug-likeness (QED) is 0.489. The van der Waals surface area contributed by atoms with Crippen LogP contribution in [0.2, 0.25) is 0 Å². The van der Waals surface area contributed by atoms with Crippen molar-refractivity contribution in [3.8, 4) is 11.5 Å². The lowest BCUT2D eigenvalue weighted by Crippen LogP contribution is -2.48. The molecule has 0 saturated heterocycles. The van der Waals surface area contributed by atoms with E-state index in [4.69, 9.17) is 21.7 Å². The molecule has 2 aromatic carbocycles. The predicted octanol–water partition coefficient (Wildman–Crippen LogP) is 2.53. The molecule has 0 fully saturated rings. The third-order valence-electron chi connectivity index (χ3n) is 3.11. The highest BCUT2D eigenvalue weighted by Crippen LogP contribution is 2.15. The standard InChI is InChI=1S/C17H18BrN3O3S/c1-23-14-6-2-12(3-7-14)10-19-17(25)21-20-16(22)11-24-15-8-4-13(18)5-9-15/h2-9H,10-11H2,1H3,(H,20,22)(H2,19,21,25). The lowest BCUT2D eigenvalue weighted by molar-refractivity contribution is -0.123. The number of hydrazine groups is 1. The van der Waals surface area contributed by atoms with Crippen LogP contribution in [0.5, 0.6) is 11.5 Å². The molecule has 0 spiro atoms. The van der Waals surface area contributed by atoms with Crippen LogP contribution in [0.25, 0.3) is 0 Å². The number of amides is 1. The molecule has 0 unspecified atom stereocenters. The maximum atomic E-state index is 11.7. The molecule has 3 N–H and O–H groups in total. The van der Waals surface area contributed by atoms with Crippen LogP contribution < -0.4 is 25.6 Å². The largest absolute Gasteiger partial charge is 0.497 e. The van der Waals surface area contributed by atoms with Gasteiger partial charge in [0.15, 0.2) is 11.7 Å². The van der Waals surface area contributed by atoms with Crippen molar-refractivity contribution in [3.05, 3.63) is 58.6 Å². The van der Waals surface area contributed by atoms with Gasteiger partial charge in [-0.1, -0.05) is 28.1 Å². The Hall–Kier alpha value is -2.32. The average molecular weight is 424 g/mol. The lowest BCUT2D eigenvalue weighted by Gasteiger charge is -2.12. The van der Waals surface area contributed by atoms with Crippen molar-refractivity contribution in [2.75, 3.05) is 13.7 Å². The zero-order valence-corrected chi connectivity index (χ0v) is 15.9. The first kappa shape index (κ1) is 19.0. The van der Waals surface area contributed by atoms with Gasteiger partial charge in [0.2, 0.25) is 0 Å². The first-order chi connectivity index (χ1) is 12.1. The minimum absolute atomic E-state index is 0.115. The van der Waals surface area contributed by atoms with Gasteiger partial charge in [-0.05, 0) is 54.2 Å². The molecule has 6 nitrogen and oxygen atoms in total. The van der Waals surface area contributed by atoms with Gasteiger partial charge in [-0.15, -0.1) is 0 Å². The molecule has 2 rings (SSSR count). The first-order valence-corrected chi connectivity index (χ1v) is 8.61. The molecule has 0 aliphatic heterocycles. The second kappa shape index (κ2) is 9.85. The number of rotatable bonds is 6. The Balaban J connectivity index is 1.64. The average Bonchev–Trinajstić information content (AvgIpc) is 2.64. The maximum absolute atomic E-state index is 11.7. The summed E-state index contributed by atoms with van der Waals surface area (Å²) in [6.07, 6.45) is 0. The van der Waals surface area contributed by atoms with Crippen LogP contribution >= 0.6 is 28.1 Å². The number of nitrogens with one attached hydrogen (secondary N) is 3. The molecule has 0 aliphatic carbocycles. The molecule has 0 aromatic heterocycles. The SMILES string of the molecule is COc1ccc(CNC(=S)NNC(=O)COc2ccc(Br)cc2)cc1. The summed E-state index contributed by atoms with van der Waals surface area (Å²) in [5, 5.41) is 3.30. The van der Waals surface area contributed by atoms with Gasteiger partial charge in [-0.2, -0.15) is 0 Å². The molecule has 0 aliphatic rings. The van der Waals surface area contributed by atoms with E-state index in [0.717, 1.165) is 15.8 Å². The Morgan fingerprint density at radius 3 is 2.32 bits per heavy atom. The molecule has 8 heteroatoms. The smallest absolute Gasteiger partial charge is 0.276 e. The second-order valence-electron chi connectivity index (χ2n) is 4.95. The summed E-state index contributed by atoms with van der Waals surface area (Å²) in [6, 6.07) is 14.8. The summed E-state index contributed by atoms with van der Waals surface area (Å²) < 4.78 is 11.4. The van der Waals surface area contributed by atoms with Gasteiger partial charge in [0.25, 0.3) is 5.91 Å². The van der Waals surface area contributed by atoms with Crippen molar-refractivity contribution in [1.29, 1.82) is 0 Å². The summed E-state index contributed by atoms with van der Waals surface area (Å²) in [5.74, 6) is 1.07. The van der Waals surface area contributed by atoms with Crippen molar-refractivity contribution in [2.45, 2.75) is 6.54 Å². The van der Waals surface area contributed by atoms with Gasteiger partial charge in [0, 0.05) is 11.0 Å². The summed E-state index contributed by atoms with van der Waals surface area (Å²) >= 11 is 8.44. The Kier molecular flexibility index (Phi) is 7.49. The van der Waals surface area contributed by atoms with E-state index in [1.807, 2.05) is 36.4 Å². The van der Waals surface area contributed by atoms with Crippen LogP contribution in [0.1, 0.15) is 5.56 Å². The molecule has 0 heterocycles. The summed E-state index contributed by atoms with van der Waals surface area (Å²) in [7, 11) is 1.62. The third kappa shape index (κ3) is 6.98. The zero-order valence-electron chi connectivity index (χ0n) is 13.5. The molecule has 0 bridgehead atoms. The highest BCUT2D eigenvalue weighted by molar-refractivity contribution is 9.10. The number of halogens is 1. The van der Waals surface area contributed by atoms with Crippen LogP contribution in [0, 0.1) is 0 Å². The lowest BCUT2D eigenvalue weighted by atomic mass is 10.2. The number of carbonyl (C=O) groups is 1. The molecule has 0 atom stereocenters.